The number of carbonyl (C=O) groups excluding carboxylic acids is 1. The van der Waals surface area contributed by atoms with Gasteiger partial charge in [0.2, 0.25) is 0 Å². The van der Waals surface area contributed by atoms with E-state index in [0.29, 0.717) is 31.0 Å². The van der Waals surface area contributed by atoms with Crippen LogP contribution in [0.25, 0.3) is 0 Å². The lowest BCUT2D eigenvalue weighted by molar-refractivity contribution is 0.0731. The van der Waals surface area contributed by atoms with E-state index in [9.17, 15) is 9.59 Å². The van der Waals surface area contributed by atoms with Gasteiger partial charge in [-0.05, 0) is 62.4 Å². The molecule has 0 saturated carbocycles. The van der Waals surface area contributed by atoms with Crippen LogP contribution in [-0.2, 0) is 4.74 Å². The van der Waals surface area contributed by atoms with Crippen LogP contribution in [0.1, 0.15) is 51.8 Å². The zero-order valence-corrected chi connectivity index (χ0v) is 17.4. The minimum atomic E-state index is -0.558. The molecule has 0 bridgehead atoms. The number of aryl methyl sites for hydroxylation is 2. The molecule has 2 saturated heterocycles. The molecule has 3 heterocycles. The van der Waals surface area contributed by atoms with E-state index in [1.54, 1.807) is 17.9 Å². The molecule has 154 valence electrons. The number of piperazine rings is 1. The first-order chi connectivity index (χ1) is 14.0. The zero-order chi connectivity index (χ0) is 20.5. The summed E-state index contributed by atoms with van der Waals surface area (Å²) in [4.78, 5) is 29.7. The molecule has 0 N–H and O–H groups in total. The highest BCUT2D eigenvalue weighted by atomic mass is 16.5. The molecule has 2 fully saturated rings. The second-order valence-electron chi connectivity index (χ2n) is 7.99. The Labute approximate surface area is 171 Å². The van der Waals surface area contributed by atoms with Crippen molar-refractivity contribution in [2.45, 2.75) is 39.7 Å². The third kappa shape index (κ3) is 3.81. The van der Waals surface area contributed by atoms with Crippen molar-refractivity contribution in [1.82, 2.24) is 4.90 Å². The van der Waals surface area contributed by atoms with Gasteiger partial charge in [0.1, 0.15) is 17.4 Å². The summed E-state index contributed by atoms with van der Waals surface area (Å²) in [5.41, 5.74) is 4.00. The molecule has 0 spiro atoms. The van der Waals surface area contributed by atoms with Gasteiger partial charge in [0.15, 0.2) is 0 Å². The lowest BCUT2D eigenvalue weighted by Gasteiger charge is -2.37. The molecule has 0 radical (unpaired) electrons. The summed E-state index contributed by atoms with van der Waals surface area (Å²) in [6.07, 6.45) is 1.63. The maximum atomic E-state index is 13.1. The van der Waals surface area contributed by atoms with Crippen molar-refractivity contribution >= 4 is 11.6 Å². The normalized spacial score (nSPS) is 19.6. The highest BCUT2D eigenvalue weighted by Crippen LogP contribution is 2.29. The Bertz CT molecular complexity index is 967. The van der Waals surface area contributed by atoms with Gasteiger partial charge in [-0.25, -0.2) is 4.79 Å². The predicted molar refractivity (Wildman–Crippen MR) is 112 cm³/mol. The molecule has 1 unspecified atom stereocenters. The third-order valence-electron chi connectivity index (χ3n) is 6.11. The van der Waals surface area contributed by atoms with Gasteiger partial charge < -0.3 is 19.0 Å². The smallest absolute Gasteiger partial charge is 0.349 e. The maximum absolute atomic E-state index is 13.1. The topological polar surface area (TPSA) is 63.0 Å². The van der Waals surface area contributed by atoms with Crippen molar-refractivity contribution in [2.24, 2.45) is 0 Å². The first kappa shape index (κ1) is 19.7. The van der Waals surface area contributed by atoms with E-state index in [0.717, 1.165) is 25.9 Å². The molecule has 29 heavy (non-hydrogen) atoms. The number of amides is 1. The third-order valence-corrected chi connectivity index (χ3v) is 6.11. The van der Waals surface area contributed by atoms with Crippen molar-refractivity contribution in [2.75, 3.05) is 37.7 Å². The number of hydrogen-bond donors (Lipinski definition) is 0. The molecule has 2 aromatic rings. The molecule has 1 aromatic heterocycles. The van der Waals surface area contributed by atoms with Gasteiger partial charge in [0, 0.05) is 38.5 Å². The van der Waals surface area contributed by atoms with Gasteiger partial charge in [0.05, 0.1) is 0 Å². The van der Waals surface area contributed by atoms with Crippen molar-refractivity contribution in [3.05, 3.63) is 62.7 Å². The molecule has 4 rings (SSSR count). The van der Waals surface area contributed by atoms with Gasteiger partial charge in [0.25, 0.3) is 5.91 Å². The fourth-order valence-electron chi connectivity index (χ4n) is 4.24. The van der Waals surface area contributed by atoms with Crippen LogP contribution in [0.2, 0.25) is 0 Å². The van der Waals surface area contributed by atoms with Crippen LogP contribution in [-0.4, -0.2) is 43.6 Å². The quantitative estimate of drug-likeness (QED) is 0.796. The van der Waals surface area contributed by atoms with Crippen LogP contribution >= 0.6 is 0 Å². The average Bonchev–Trinajstić information content (AvgIpc) is 3.24. The van der Waals surface area contributed by atoms with Gasteiger partial charge in [-0.3, -0.25) is 4.79 Å². The van der Waals surface area contributed by atoms with Crippen molar-refractivity contribution in [1.29, 1.82) is 0 Å². The van der Waals surface area contributed by atoms with Crippen LogP contribution in [0.5, 0.6) is 0 Å². The van der Waals surface area contributed by atoms with Crippen molar-refractivity contribution < 1.29 is 13.9 Å². The van der Waals surface area contributed by atoms with E-state index < -0.39 is 5.63 Å². The van der Waals surface area contributed by atoms with Gasteiger partial charge in [-0.15, -0.1) is 0 Å². The van der Waals surface area contributed by atoms with E-state index in [4.69, 9.17) is 9.15 Å². The van der Waals surface area contributed by atoms with E-state index in [2.05, 4.69) is 36.9 Å². The second-order valence-corrected chi connectivity index (χ2v) is 7.99. The number of carbonyl (C=O) groups is 1. The van der Waals surface area contributed by atoms with Crippen LogP contribution in [0.3, 0.4) is 0 Å². The first-order valence-corrected chi connectivity index (χ1v) is 10.3. The minimum absolute atomic E-state index is 0.145. The summed E-state index contributed by atoms with van der Waals surface area (Å²) in [7, 11) is 0. The average molecular weight is 396 g/mol. The predicted octanol–water partition coefficient (Wildman–Crippen LogP) is 3.38. The van der Waals surface area contributed by atoms with Crippen LogP contribution in [0.15, 0.2) is 33.5 Å². The number of nitrogens with zero attached hydrogens (tertiary/aromatic N) is 2. The largest absolute Gasteiger partial charge is 0.424 e. The van der Waals surface area contributed by atoms with Crippen LogP contribution in [0.4, 0.5) is 5.69 Å². The number of benzene rings is 1. The van der Waals surface area contributed by atoms with Gasteiger partial charge in [-0.2, -0.15) is 0 Å². The number of hydrogen-bond acceptors (Lipinski definition) is 5. The Kier molecular flexibility index (Phi) is 5.46. The van der Waals surface area contributed by atoms with Crippen LogP contribution < -0.4 is 10.5 Å². The van der Waals surface area contributed by atoms with Crippen LogP contribution in [0, 0.1) is 20.8 Å². The number of ether oxygens (including phenoxy) is 1. The molecule has 0 aliphatic carbocycles. The Morgan fingerprint density at radius 2 is 1.83 bits per heavy atom. The minimum Gasteiger partial charge on any atom is -0.424 e. The van der Waals surface area contributed by atoms with Gasteiger partial charge >= 0.3 is 5.63 Å². The van der Waals surface area contributed by atoms with E-state index >= 15 is 0 Å². The Balaban J connectivity index is 1.48. The SMILES string of the molecule is Cc1cccc(N2CCN(C(=O)c3c(C)cc(C4CCCO4)oc3=O)CC2)c1C. The molecule has 1 aromatic carbocycles. The molecular weight excluding hydrogens is 368 g/mol. The molecule has 2 aliphatic heterocycles. The summed E-state index contributed by atoms with van der Waals surface area (Å²) in [5.74, 6) is 0.289. The van der Waals surface area contributed by atoms with E-state index in [1.807, 2.05) is 0 Å². The second kappa shape index (κ2) is 8.03. The lowest BCUT2D eigenvalue weighted by Crippen LogP contribution is -2.50. The van der Waals surface area contributed by atoms with Crippen molar-refractivity contribution in [3.8, 4) is 0 Å². The van der Waals surface area contributed by atoms with E-state index in [-0.39, 0.29) is 17.6 Å². The standard InChI is InChI=1S/C23H28N2O4/c1-15-6-4-7-18(17(15)3)24-9-11-25(12-10-24)22(26)21-16(2)14-20(29-23(21)27)19-8-5-13-28-19/h4,6-7,14,19H,5,8-13H2,1-3H3. The summed E-state index contributed by atoms with van der Waals surface area (Å²) in [6, 6.07) is 8.10. The Hall–Kier alpha value is -2.60. The highest BCUT2D eigenvalue weighted by Gasteiger charge is 2.28. The fraction of sp³-hybridized carbons (Fsp3) is 0.478. The number of anilines is 1. The molecule has 2 aliphatic rings. The molecular formula is C23H28N2O4. The Morgan fingerprint density at radius 3 is 2.48 bits per heavy atom. The molecule has 6 nitrogen and oxygen atoms in total. The number of rotatable bonds is 3. The highest BCUT2D eigenvalue weighted by molar-refractivity contribution is 5.95. The molecule has 1 amide bonds. The zero-order valence-electron chi connectivity index (χ0n) is 17.4. The fourth-order valence-corrected chi connectivity index (χ4v) is 4.24. The first-order valence-electron chi connectivity index (χ1n) is 10.3. The van der Waals surface area contributed by atoms with Crippen molar-refractivity contribution in [3.63, 3.8) is 0 Å². The van der Waals surface area contributed by atoms with Gasteiger partial charge in [-0.1, -0.05) is 12.1 Å². The van der Waals surface area contributed by atoms with E-state index in [1.165, 1.54) is 16.8 Å². The summed E-state index contributed by atoms with van der Waals surface area (Å²) < 4.78 is 11.1. The summed E-state index contributed by atoms with van der Waals surface area (Å²) >= 11 is 0. The summed E-state index contributed by atoms with van der Waals surface area (Å²) in [5, 5.41) is 0. The monoisotopic (exact) mass is 396 g/mol. The molecule has 6 heteroatoms. The maximum Gasteiger partial charge on any atom is 0.349 e. The Morgan fingerprint density at radius 1 is 1.07 bits per heavy atom. The summed E-state index contributed by atoms with van der Waals surface area (Å²) in [6.45, 7) is 9.38. The lowest BCUT2D eigenvalue weighted by atomic mass is 10.1. The molecule has 1 atom stereocenters.